The fraction of sp³-hybridized carbons (Fsp3) is 0.625. The lowest BCUT2D eigenvalue weighted by molar-refractivity contribution is 0.0238. The van der Waals surface area contributed by atoms with Gasteiger partial charge in [0, 0.05) is 26.3 Å². The Kier molecular flexibility index (Phi) is 5.56. The zero-order chi connectivity index (χ0) is 15.1. The summed E-state index contributed by atoms with van der Waals surface area (Å²) < 4.78 is 5.38. The van der Waals surface area contributed by atoms with Crippen molar-refractivity contribution in [2.45, 2.75) is 33.1 Å². The SMILES string of the molecule is CCCNc1cccc(C(=O)NCC2(C)CCOCC2)n1. The number of hydrogen-bond donors (Lipinski definition) is 2. The van der Waals surface area contributed by atoms with Crippen molar-refractivity contribution in [1.29, 1.82) is 0 Å². The van der Waals surface area contributed by atoms with E-state index in [0.717, 1.165) is 44.8 Å². The maximum Gasteiger partial charge on any atom is 0.269 e. The van der Waals surface area contributed by atoms with Crippen LogP contribution >= 0.6 is 0 Å². The molecule has 2 heterocycles. The number of pyridine rings is 1. The van der Waals surface area contributed by atoms with Crippen LogP contribution in [-0.2, 0) is 4.74 Å². The number of nitrogens with one attached hydrogen (secondary N) is 2. The molecule has 0 atom stereocenters. The summed E-state index contributed by atoms with van der Waals surface area (Å²) in [6, 6.07) is 5.49. The highest BCUT2D eigenvalue weighted by Crippen LogP contribution is 2.28. The summed E-state index contributed by atoms with van der Waals surface area (Å²) in [6.45, 7) is 7.38. The fourth-order valence-corrected chi connectivity index (χ4v) is 2.34. The van der Waals surface area contributed by atoms with Crippen LogP contribution in [0.1, 0.15) is 43.6 Å². The van der Waals surface area contributed by atoms with Crippen LogP contribution < -0.4 is 10.6 Å². The molecule has 1 aromatic heterocycles. The normalized spacial score (nSPS) is 17.2. The molecule has 0 bridgehead atoms. The number of rotatable bonds is 6. The van der Waals surface area contributed by atoms with Crippen molar-refractivity contribution in [3.63, 3.8) is 0 Å². The largest absolute Gasteiger partial charge is 0.381 e. The number of aromatic nitrogens is 1. The second-order valence-electron chi connectivity index (χ2n) is 5.94. The number of carbonyl (C=O) groups excluding carboxylic acids is 1. The smallest absolute Gasteiger partial charge is 0.269 e. The third-order valence-electron chi connectivity index (χ3n) is 3.91. The van der Waals surface area contributed by atoms with Crippen LogP contribution in [0, 0.1) is 5.41 Å². The van der Waals surface area contributed by atoms with E-state index < -0.39 is 0 Å². The van der Waals surface area contributed by atoms with Crippen LogP contribution in [0.4, 0.5) is 5.82 Å². The van der Waals surface area contributed by atoms with Gasteiger partial charge in [0.05, 0.1) is 0 Å². The summed E-state index contributed by atoms with van der Waals surface area (Å²) in [5.74, 6) is 0.643. The fourth-order valence-electron chi connectivity index (χ4n) is 2.34. The van der Waals surface area contributed by atoms with Gasteiger partial charge in [0.1, 0.15) is 11.5 Å². The maximum atomic E-state index is 12.2. The van der Waals surface area contributed by atoms with Crippen molar-refractivity contribution in [3.8, 4) is 0 Å². The first kappa shape index (κ1) is 15.8. The summed E-state index contributed by atoms with van der Waals surface area (Å²) in [7, 11) is 0. The van der Waals surface area contributed by atoms with Crippen molar-refractivity contribution >= 4 is 11.7 Å². The van der Waals surface area contributed by atoms with E-state index >= 15 is 0 Å². The molecule has 1 aromatic rings. The molecular weight excluding hydrogens is 266 g/mol. The van der Waals surface area contributed by atoms with Crippen LogP contribution in [0.15, 0.2) is 18.2 Å². The molecule has 0 aliphatic carbocycles. The summed E-state index contributed by atoms with van der Waals surface area (Å²) in [6.07, 6.45) is 3.00. The number of anilines is 1. The van der Waals surface area contributed by atoms with Gasteiger partial charge >= 0.3 is 0 Å². The van der Waals surface area contributed by atoms with Crippen LogP contribution in [0.25, 0.3) is 0 Å². The van der Waals surface area contributed by atoms with Crippen molar-refractivity contribution in [2.75, 3.05) is 31.6 Å². The van der Waals surface area contributed by atoms with Gasteiger partial charge in [0.25, 0.3) is 5.91 Å². The molecule has 0 saturated carbocycles. The molecule has 2 N–H and O–H groups in total. The van der Waals surface area contributed by atoms with Gasteiger partial charge in [-0.15, -0.1) is 0 Å². The van der Waals surface area contributed by atoms with Gasteiger partial charge in [0.15, 0.2) is 0 Å². The second kappa shape index (κ2) is 7.41. The summed E-state index contributed by atoms with van der Waals surface area (Å²) in [4.78, 5) is 16.6. The summed E-state index contributed by atoms with van der Waals surface area (Å²) >= 11 is 0. The van der Waals surface area contributed by atoms with Gasteiger partial charge in [-0.3, -0.25) is 4.79 Å². The minimum Gasteiger partial charge on any atom is -0.381 e. The van der Waals surface area contributed by atoms with Gasteiger partial charge < -0.3 is 15.4 Å². The molecule has 1 aliphatic rings. The predicted octanol–water partition coefficient (Wildman–Crippen LogP) is 2.45. The second-order valence-corrected chi connectivity index (χ2v) is 5.94. The van der Waals surface area contributed by atoms with E-state index in [0.29, 0.717) is 12.2 Å². The Morgan fingerprint density at radius 2 is 2.14 bits per heavy atom. The minimum absolute atomic E-state index is 0.108. The molecule has 0 unspecified atom stereocenters. The molecular formula is C16H25N3O2. The Balaban J connectivity index is 1.90. The molecule has 1 fully saturated rings. The van der Waals surface area contributed by atoms with E-state index in [4.69, 9.17) is 4.74 Å². The molecule has 1 saturated heterocycles. The molecule has 0 aromatic carbocycles. The van der Waals surface area contributed by atoms with E-state index in [9.17, 15) is 4.79 Å². The standard InChI is InChI=1S/C16H25N3O2/c1-3-9-17-14-6-4-5-13(19-14)15(20)18-12-16(2)7-10-21-11-8-16/h4-6H,3,7-12H2,1-2H3,(H,17,19)(H,18,20). The third-order valence-corrected chi connectivity index (χ3v) is 3.91. The number of amides is 1. The Hall–Kier alpha value is -1.62. The van der Waals surface area contributed by atoms with Crippen LogP contribution in [0.3, 0.4) is 0 Å². The monoisotopic (exact) mass is 291 g/mol. The van der Waals surface area contributed by atoms with Crippen LogP contribution in [-0.4, -0.2) is 37.2 Å². The lowest BCUT2D eigenvalue weighted by atomic mass is 9.82. The number of ether oxygens (including phenoxy) is 1. The van der Waals surface area contributed by atoms with Crippen molar-refractivity contribution in [2.24, 2.45) is 5.41 Å². The Labute approximate surface area is 126 Å². The van der Waals surface area contributed by atoms with E-state index in [1.165, 1.54) is 0 Å². The van der Waals surface area contributed by atoms with E-state index in [2.05, 4.69) is 29.5 Å². The van der Waals surface area contributed by atoms with Gasteiger partial charge in [-0.1, -0.05) is 19.9 Å². The minimum atomic E-state index is -0.108. The number of carbonyl (C=O) groups is 1. The lowest BCUT2D eigenvalue weighted by Crippen LogP contribution is -2.39. The molecule has 2 rings (SSSR count). The third kappa shape index (κ3) is 4.70. The molecule has 1 amide bonds. The van der Waals surface area contributed by atoms with Gasteiger partial charge in [0.2, 0.25) is 0 Å². The van der Waals surface area contributed by atoms with E-state index in [1.54, 1.807) is 6.07 Å². The van der Waals surface area contributed by atoms with Crippen molar-refractivity contribution in [1.82, 2.24) is 10.3 Å². The average Bonchev–Trinajstić information content (AvgIpc) is 2.52. The first-order valence-corrected chi connectivity index (χ1v) is 7.70. The highest BCUT2D eigenvalue weighted by molar-refractivity contribution is 5.92. The molecule has 21 heavy (non-hydrogen) atoms. The predicted molar refractivity (Wildman–Crippen MR) is 83.5 cm³/mol. The van der Waals surface area contributed by atoms with Crippen molar-refractivity contribution < 1.29 is 9.53 Å². The van der Waals surface area contributed by atoms with Gasteiger partial charge in [-0.2, -0.15) is 0 Å². The van der Waals surface area contributed by atoms with Gasteiger partial charge in [-0.25, -0.2) is 4.98 Å². The van der Waals surface area contributed by atoms with E-state index in [-0.39, 0.29) is 11.3 Å². The van der Waals surface area contributed by atoms with E-state index in [1.807, 2.05) is 12.1 Å². The quantitative estimate of drug-likeness (QED) is 0.845. The Bertz CT molecular complexity index is 470. The zero-order valence-electron chi connectivity index (χ0n) is 12.9. The zero-order valence-corrected chi connectivity index (χ0v) is 12.9. The maximum absolute atomic E-state index is 12.2. The topological polar surface area (TPSA) is 63.2 Å². The molecule has 5 heteroatoms. The molecule has 116 valence electrons. The lowest BCUT2D eigenvalue weighted by Gasteiger charge is -2.33. The average molecular weight is 291 g/mol. The Morgan fingerprint density at radius 3 is 2.86 bits per heavy atom. The molecule has 5 nitrogen and oxygen atoms in total. The number of nitrogens with zero attached hydrogens (tertiary/aromatic N) is 1. The molecule has 0 radical (unpaired) electrons. The molecule has 1 aliphatic heterocycles. The first-order valence-electron chi connectivity index (χ1n) is 7.70. The Morgan fingerprint density at radius 1 is 1.38 bits per heavy atom. The molecule has 0 spiro atoms. The first-order chi connectivity index (χ1) is 10.1. The number of hydrogen-bond acceptors (Lipinski definition) is 4. The highest BCUT2D eigenvalue weighted by atomic mass is 16.5. The van der Waals surface area contributed by atoms with Crippen LogP contribution in [0.2, 0.25) is 0 Å². The van der Waals surface area contributed by atoms with Gasteiger partial charge in [-0.05, 0) is 36.8 Å². The van der Waals surface area contributed by atoms with Crippen molar-refractivity contribution in [3.05, 3.63) is 23.9 Å². The van der Waals surface area contributed by atoms with Crippen LogP contribution in [0.5, 0.6) is 0 Å². The summed E-state index contributed by atoms with van der Waals surface area (Å²) in [5.41, 5.74) is 0.596. The highest BCUT2D eigenvalue weighted by Gasteiger charge is 2.27. The summed E-state index contributed by atoms with van der Waals surface area (Å²) in [5, 5.41) is 6.20.